The Morgan fingerprint density at radius 2 is 1.92 bits per heavy atom. The molecule has 2 rings (SSSR count). The van der Waals surface area contributed by atoms with Crippen molar-refractivity contribution in [1.82, 2.24) is 9.97 Å². The largest absolute Gasteiger partial charge is 0.404 e. The summed E-state index contributed by atoms with van der Waals surface area (Å²) in [6, 6.07) is 2.82. The van der Waals surface area contributed by atoms with Crippen molar-refractivity contribution in [1.29, 1.82) is 0 Å². The number of hydrogen-bond donors (Lipinski definition) is 1. The van der Waals surface area contributed by atoms with Crippen molar-refractivity contribution in [3.05, 3.63) is 59.4 Å². The second-order valence-corrected chi connectivity index (χ2v) is 11.2. The van der Waals surface area contributed by atoms with Gasteiger partial charge in [-0.15, -0.1) is 11.6 Å². The fourth-order valence-electron chi connectivity index (χ4n) is 2.55. The van der Waals surface area contributed by atoms with Gasteiger partial charge in [0.2, 0.25) is 0 Å². The van der Waals surface area contributed by atoms with Gasteiger partial charge < -0.3 is 9.53 Å². The lowest BCUT2D eigenvalue weighted by molar-refractivity contribution is -0.0578. The fraction of sp³-hybridized carbons (Fsp3) is 0.375. The second-order valence-electron chi connectivity index (χ2n) is 6.52. The van der Waals surface area contributed by atoms with E-state index >= 15 is 0 Å². The van der Waals surface area contributed by atoms with E-state index in [1.54, 1.807) is 19.6 Å². The Balaban J connectivity index is 2.69. The number of halogens is 4. The van der Waals surface area contributed by atoms with Crippen molar-refractivity contribution >= 4 is 19.9 Å². The number of rotatable bonds is 6. The average Bonchev–Trinajstić information content (AvgIpc) is 2.52. The van der Waals surface area contributed by atoms with Crippen LogP contribution in [-0.2, 0) is 10.0 Å². The average molecular weight is 391 g/mol. The molecule has 1 aromatic heterocycles. The van der Waals surface area contributed by atoms with Gasteiger partial charge in [0, 0.05) is 11.6 Å². The molecule has 0 saturated carbocycles. The predicted octanol–water partition coefficient (Wildman–Crippen LogP) is 3.91. The molecule has 0 aliphatic carbocycles. The predicted molar refractivity (Wildman–Crippen MR) is 90.1 cm³/mol. The summed E-state index contributed by atoms with van der Waals surface area (Å²) in [5, 5.41) is 10.8. The normalized spacial score (nSPS) is 15.7. The molecule has 9 heteroatoms. The highest BCUT2D eigenvalue weighted by molar-refractivity contribution is 6.69. The highest BCUT2D eigenvalue weighted by Crippen LogP contribution is 2.43. The third-order valence-electron chi connectivity index (χ3n) is 3.47. The number of aliphatic hydroxyl groups is 1. The third-order valence-corrected chi connectivity index (χ3v) is 4.84. The lowest BCUT2D eigenvalue weighted by Gasteiger charge is -2.41. The van der Waals surface area contributed by atoms with Crippen LogP contribution in [0.3, 0.4) is 0 Å². The lowest BCUT2D eigenvalue weighted by Crippen LogP contribution is -2.47. The Morgan fingerprint density at radius 1 is 1.24 bits per heavy atom. The molecule has 0 aliphatic rings. The second kappa shape index (κ2) is 7.41. The van der Waals surface area contributed by atoms with E-state index in [0.717, 1.165) is 24.7 Å². The summed E-state index contributed by atoms with van der Waals surface area (Å²) in [7, 11) is -2.42. The zero-order chi connectivity index (χ0) is 18.8. The Kier molecular flexibility index (Phi) is 5.88. The Morgan fingerprint density at radius 3 is 2.44 bits per heavy atom. The molecule has 0 saturated heterocycles. The van der Waals surface area contributed by atoms with E-state index in [4.69, 9.17) is 16.0 Å². The van der Waals surface area contributed by atoms with Gasteiger partial charge in [0.15, 0.2) is 14.1 Å². The molecule has 1 heterocycles. The number of aliphatic hydroxyl groups excluding tert-OH is 1. The summed E-state index contributed by atoms with van der Waals surface area (Å²) < 4.78 is 47.9. The van der Waals surface area contributed by atoms with E-state index in [9.17, 15) is 18.3 Å². The molecular formula is C16H18ClF3N2O2Si. The minimum Gasteiger partial charge on any atom is -0.404 e. The topological polar surface area (TPSA) is 55.2 Å². The molecule has 0 unspecified atom stereocenters. The summed E-state index contributed by atoms with van der Waals surface area (Å²) in [5.74, 6) is -3.02. The maximum absolute atomic E-state index is 14.5. The van der Waals surface area contributed by atoms with E-state index in [1.165, 1.54) is 0 Å². The standard InChI is InChI=1S/C16H18ClF3N2O2Si/c1-25(2,3)24-16(8-17,11-5-4-10(18)6-12(11)19)15(23)14-13(20)7-21-9-22-14/h4-7,9,15,23H,8H2,1-3H3/t15-,16+/m1/s1. The van der Waals surface area contributed by atoms with Gasteiger partial charge in [0.05, 0.1) is 12.1 Å². The molecule has 2 atom stereocenters. The summed E-state index contributed by atoms with van der Waals surface area (Å²) in [6.45, 7) is 5.41. The van der Waals surface area contributed by atoms with Crippen LogP contribution in [0.1, 0.15) is 17.4 Å². The van der Waals surface area contributed by atoms with E-state index in [0.29, 0.717) is 6.07 Å². The van der Waals surface area contributed by atoms with Crippen LogP contribution in [0.2, 0.25) is 19.6 Å². The molecular weight excluding hydrogens is 373 g/mol. The maximum Gasteiger partial charge on any atom is 0.185 e. The van der Waals surface area contributed by atoms with Gasteiger partial charge in [-0.25, -0.2) is 23.1 Å². The van der Waals surface area contributed by atoms with Gasteiger partial charge in [-0.05, 0) is 25.7 Å². The Labute approximate surface area is 149 Å². The highest BCUT2D eigenvalue weighted by atomic mass is 35.5. The Hall–Kier alpha value is -1.48. The quantitative estimate of drug-likeness (QED) is 0.600. The summed E-state index contributed by atoms with van der Waals surface area (Å²) in [5.41, 5.74) is -2.38. The highest BCUT2D eigenvalue weighted by Gasteiger charge is 2.47. The van der Waals surface area contributed by atoms with Crippen LogP contribution in [-0.4, -0.2) is 29.3 Å². The molecule has 1 N–H and O–H groups in total. The van der Waals surface area contributed by atoms with Crippen molar-refractivity contribution in [3.63, 3.8) is 0 Å². The number of hydrogen-bond acceptors (Lipinski definition) is 4. The first-order valence-electron chi connectivity index (χ1n) is 7.46. The molecule has 136 valence electrons. The molecule has 2 aromatic rings. The van der Waals surface area contributed by atoms with Gasteiger partial charge in [-0.2, -0.15) is 0 Å². The van der Waals surface area contributed by atoms with Gasteiger partial charge in [-0.3, -0.25) is 0 Å². The van der Waals surface area contributed by atoms with Crippen LogP contribution in [0.4, 0.5) is 13.2 Å². The molecule has 25 heavy (non-hydrogen) atoms. The minimum absolute atomic E-state index is 0.170. The van der Waals surface area contributed by atoms with E-state index in [-0.39, 0.29) is 11.3 Å². The first-order valence-corrected chi connectivity index (χ1v) is 11.4. The molecule has 0 amide bonds. The van der Waals surface area contributed by atoms with Crippen molar-refractivity contribution in [2.75, 3.05) is 5.88 Å². The summed E-state index contributed by atoms with van der Waals surface area (Å²) in [6.07, 6.45) is 0.204. The van der Waals surface area contributed by atoms with Gasteiger partial charge in [0.25, 0.3) is 0 Å². The maximum atomic E-state index is 14.5. The van der Waals surface area contributed by atoms with E-state index in [1.807, 2.05) is 0 Å². The molecule has 1 aromatic carbocycles. The number of benzene rings is 1. The molecule has 4 nitrogen and oxygen atoms in total. The molecule has 0 spiro atoms. The van der Waals surface area contributed by atoms with Crippen molar-refractivity contribution in [2.24, 2.45) is 0 Å². The summed E-state index contributed by atoms with van der Waals surface area (Å²) >= 11 is 6.08. The number of alkyl halides is 1. The smallest absolute Gasteiger partial charge is 0.185 e. The zero-order valence-electron chi connectivity index (χ0n) is 13.9. The van der Waals surface area contributed by atoms with E-state index in [2.05, 4.69) is 9.97 Å². The van der Waals surface area contributed by atoms with Crippen LogP contribution in [0, 0.1) is 17.5 Å². The van der Waals surface area contributed by atoms with Gasteiger partial charge in [-0.1, -0.05) is 6.07 Å². The first kappa shape index (κ1) is 19.8. The monoisotopic (exact) mass is 390 g/mol. The van der Waals surface area contributed by atoms with Crippen molar-refractivity contribution < 1.29 is 22.7 Å². The van der Waals surface area contributed by atoms with Crippen molar-refractivity contribution in [2.45, 2.75) is 31.3 Å². The number of nitrogens with zero attached hydrogens (tertiary/aromatic N) is 2. The van der Waals surface area contributed by atoms with Crippen LogP contribution < -0.4 is 0 Å². The molecule has 0 aliphatic heterocycles. The third kappa shape index (κ3) is 4.20. The first-order chi connectivity index (χ1) is 11.6. The fourth-order valence-corrected chi connectivity index (χ4v) is 4.38. The van der Waals surface area contributed by atoms with E-state index < -0.39 is 43.4 Å². The van der Waals surface area contributed by atoms with Gasteiger partial charge in [0.1, 0.15) is 35.4 Å². The number of aromatic nitrogens is 2. The van der Waals surface area contributed by atoms with Crippen molar-refractivity contribution in [3.8, 4) is 0 Å². The van der Waals surface area contributed by atoms with Crippen LogP contribution in [0.15, 0.2) is 30.7 Å². The lowest BCUT2D eigenvalue weighted by atomic mass is 9.87. The van der Waals surface area contributed by atoms with Crippen LogP contribution >= 0.6 is 11.6 Å². The Bertz CT molecular complexity index is 760. The molecule has 0 radical (unpaired) electrons. The van der Waals surface area contributed by atoms with Gasteiger partial charge >= 0.3 is 0 Å². The molecule has 0 bridgehead atoms. The van der Waals surface area contributed by atoms with Crippen LogP contribution in [0.5, 0.6) is 0 Å². The SMILES string of the molecule is C[Si](C)(C)O[C@@](CCl)(c1ccc(F)cc1F)[C@H](O)c1ncncc1F. The zero-order valence-corrected chi connectivity index (χ0v) is 15.7. The molecule has 0 fully saturated rings. The summed E-state index contributed by atoms with van der Waals surface area (Å²) in [4.78, 5) is 7.26. The van der Waals surface area contributed by atoms with Crippen LogP contribution in [0.25, 0.3) is 0 Å². The minimum atomic E-state index is -2.42.